The maximum absolute atomic E-state index is 11.7. The van der Waals surface area contributed by atoms with Crippen molar-refractivity contribution in [1.29, 1.82) is 0 Å². The van der Waals surface area contributed by atoms with E-state index in [1.54, 1.807) is 30.6 Å². The van der Waals surface area contributed by atoms with Gasteiger partial charge in [-0.1, -0.05) is 0 Å². The quantitative estimate of drug-likeness (QED) is 0.818. The summed E-state index contributed by atoms with van der Waals surface area (Å²) >= 11 is 4.59. The molecule has 19 heavy (non-hydrogen) atoms. The smallest absolute Gasteiger partial charge is 0.276 e. The van der Waals surface area contributed by atoms with Gasteiger partial charge in [0, 0.05) is 18.5 Å². The summed E-state index contributed by atoms with van der Waals surface area (Å²) in [5.41, 5.74) is 5.39. The Bertz CT molecular complexity index is 604. The molecular weight excluding hydrogens is 264 g/mol. The second-order valence-electron chi connectivity index (χ2n) is 3.49. The van der Waals surface area contributed by atoms with Gasteiger partial charge in [0.1, 0.15) is 17.2 Å². The summed E-state index contributed by atoms with van der Waals surface area (Å²) in [5, 5.41) is 2.18. The molecule has 1 amide bonds. The topological polar surface area (TPSA) is 90.1 Å². The Morgan fingerprint density at radius 2 is 2.16 bits per heavy atom. The maximum Gasteiger partial charge on any atom is 0.276 e. The molecule has 96 valence electrons. The number of carbonyl (C=O) groups excluding carboxylic acids is 1. The number of thiocarbonyl (C=S) groups is 1. The van der Waals surface area contributed by atoms with Crippen LogP contribution >= 0.6 is 12.2 Å². The first-order valence-corrected chi connectivity index (χ1v) is 5.70. The number of carbonyl (C=O) groups is 1. The van der Waals surface area contributed by atoms with Crippen LogP contribution in [-0.4, -0.2) is 21.0 Å². The summed E-state index contributed by atoms with van der Waals surface area (Å²) < 4.78 is 5.53. The van der Waals surface area contributed by atoms with Crippen LogP contribution in [0.1, 0.15) is 10.5 Å². The summed E-state index contributed by atoms with van der Waals surface area (Å²) in [4.78, 5) is 19.5. The lowest BCUT2D eigenvalue weighted by Gasteiger charge is -2.06. The number of aromatic nitrogens is 2. The Morgan fingerprint density at radius 3 is 2.84 bits per heavy atom. The molecule has 0 bridgehead atoms. The van der Waals surface area contributed by atoms with Gasteiger partial charge < -0.3 is 10.5 Å². The third-order valence-electron chi connectivity index (χ3n) is 2.07. The van der Waals surface area contributed by atoms with Gasteiger partial charge in [0.2, 0.25) is 0 Å². The van der Waals surface area contributed by atoms with Crippen LogP contribution in [0.5, 0.6) is 11.5 Å². The first kappa shape index (κ1) is 12.9. The maximum atomic E-state index is 11.7. The average molecular weight is 274 g/mol. The molecule has 0 spiro atoms. The average Bonchev–Trinajstić information content (AvgIpc) is 2.39. The lowest BCUT2D eigenvalue weighted by molar-refractivity contribution is 0.0972. The van der Waals surface area contributed by atoms with E-state index in [0.717, 1.165) is 0 Å². The SMILES string of the molecule is NC(=S)NC(=O)c1cc(Oc2cccnc2)ccn1. The highest BCUT2D eigenvalue weighted by Crippen LogP contribution is 2.19. The third-order valence-corrected chi connectivity index (χ3v) is 2.17. The number of nitrogens with zero attached hydrogens (tertiary/aromatic N) is 2. The summed E-state index contributed by atoms with van der Waals surface area (Å²) in [7, 11) is 0. The van der Waals surface area contributed by atoms with Crippen molar-refractivity contribution in [2.45, 2.75) is 0 Å². The molecule has 0 saturated heterocycles. The van der Waals surface area contributed by atoms with Crippen molar-refractivity contribution in [2.75, 3.05) is 0 Å². The zero-order chi connectivity index (χ0) is 13.7. The lowest BCUT2D eigenvalue weighted by Crippen LogP contribution is -2.35. The van der Waals surface area contributed by atoms with Crippen LogP contribution in [0.2, 0.25) is 0 Å². The van der Waals surface area contributed by atoms with E-state index < -0.39 is 5.91 Å². The number of hydrogen-bond acceptors (Lipinski definition) is 5. The van der Waals surface area contributed by atoms with E-state index in [9.17, 15) is 4.79 Å². The van der Waals surface area contributed by atoms with Crippen molar-refractivity contribution in [1.82, 2.24) is 15.3 Å². The van der Waals surface area contributed by atoms with Gasteiger partial charge in [-0.25, -0.2) is 0 Å². The van der Waals surface area contributed by atoms with E-state index in [1.165, 1.54) is 12.3 Å². The van der Waals surface area contributed by atoms with Gasteiger partial charge in [0.15, 0.2) is 5.11 Å². The molecule has 2 aromatic rings. The lowest BCUT2D eigenvalue weighted by atomic mass is 10.3. The predicted octanol–water partition coefficient (Wildman–Crippen LogP) is 1.24. The van der Waals surface area contributed by atoms with E-state index in [1.807, 2.05) is 0 Å². The molecule has 0 aliphatic carbocycles. The molecule has 0 fully saturated rings. The second-order valence-corrected chi connectivity index (χ2v) is 3.93. The Labute approximate surface area is 114 Å². The van der Waals surface area contributed by atoms with E-state index in [-0.39, 0.29) is 10.8 Å². The van der Waals surface area contributed by atoms with Crippen molar-refractivity contribution in [3.63, 3.8) is 0 Å². The van der Waals surface area contributed by atoms with E-state index in [0.29, 0.717) is 11.5 Å². The summed E-state index contributed by atoms with van der Waals surface area (Å²) in [6, 6.07) is 6.62. The van der Waals surface area contributed by atoms with Crippen molar-refractivity contribution >= 4 is 23.2 Å². The van der Waals surface area contributed by atoms with Crippen LogP contribution in [0.3, 0.4) is 0 Å². The van der Waals surface area contributed by atoms with Crippen LogP contribution in [0.4, 0.5) is 0 Å². The Morgan fingerprint density at radius 1 is 1.32 bits per heavy atom. The second kappa shape index (κ2) is 5.87. The van der Waals surface area contributed by atoms with Crippen LogP contribution in [-0.2, 0) is 0 Å². The van der Waals surface area contributed by atoms with Gasteiger partial charge in [-0.05, 0) is 30.4 Å². The molecule has 6 nitrogen and oxygen atoms in total. The van der Waals surface area contributed by atoms with Crippen molar-refractivity contribution in [3.8, 4) is 11.5 Å². The molecule has 3 N–H and O–H groups in total. The Hall–Kier alpha value is -2.54. The number of pyridine rings is 2. The van der Waals surface area contributed by atoms with Gasteiger partial charge >= 0.3 is 0 Å². The number of nitrogens with one attached hydrogen (secondary N) is 1. The van der Waals surface area contributed by atoms with Crippen LogP contribution in [0.25, 0.3) is 0 Å². The number of ether oxygens (including phenoxy) is 1. The highest BCUT2D eigenvalue weighted by Gasteiger charge is 2.09. The molecule has 2 rings (SSSR count). The number of amides is 1. The van der Waals surface area contributed by atoms with E-state index >= 15 is 0 Å². The Kier molecular flexibility index (Phi) is 3.99. The normalized spacial score (nSPS) is 9.68. The zero-order valence-corrected chi connectivity index (χ0v) is 10.6. The monoisotopic (exact) mass is 274 g/mol. The van der Waals surface area contributed by atoms with Crippen LogP contribution in [0, 0.1) is 0 Å². The first-order chi connectivity index (χ1) is 9.15. The molecule has 0 aliphatic rings. The summed E-state index contributed by atoms with van der Waals surface area (Å²) in [6.45, 7) is 0. The minimum Gasteiger partial charge on any atom is -0.456 e. The number of hydrogen-bond donors (Lipinski definition) is 2. The molecule has 0 radical (unpaired) electrons. The van der Waals surface area contributed by atoms with Crippen LogP contribution < -0.4 is 15.8 Å². The van der Waals surface area contributed by atoms with Crippen LogP contribution in [0.15, 0.2) is 42.9 Å². The van der Waals surface area contributed by atoms with Crippen molar-refractivity contribution in [3.05, 3.63) is 48.5 Å². The van der Waals surface area contributed by atoms with Gasteiger partial charge in [0.25, 0.3) is 5.91 Å². The van der Waals surface area contributed by atoms with Gasteiger partial charge in [-0.3, -0.25) is 20.1 Å². The zero-order valence-electron chi connectivity index (χ0n) is 9.74. The fourth-order valence-corrected chi connectivity index (χ4v) is 1.41. The molecule has 0 atom stereocenters. The minimum atomic E-state index is -0.482. The minimum absolute atomic E-state index is 0.106. The fraction of sp³-hybridized carbons (Fsp3) is 0. The molecule has 2 heterocycles. The highest BCUT2D eigenvalue weighted by atomic mass is 32.1. The summed E-state index contributed by atoms with van der Waals surface area (Å²) in [5.74, 6) is 0.551. The number of nitrogens with two attached hydrogens (primary N) is 1. The molecule has 0 saturated carbocycles. The van der Waals surface area contributed by atoms with Gasteiger partial charge in [-0.2, -0.15) is 0 Å². The van der Waals surface area contributed by atoms with E-state index in [4.69, 9.17) is 10.5 Å². The first-order valence-electron chi connectivity index (χ1n) is 5.30. The third kappa shape index (κ3) is 3.71. The molecule has 7 heteroatoms. The van der Waals surface area contributed by atoms with Gasteiger partial charge in [-0.15, -0.1) is 0 Å². The molecular formula is C12H10N4O2S. The Balaban J connectivity index is 2.15. The molecule has 2 aromatic heterocycles. The molecule has 0 aliphatic heterocycles. The van der Waals surface area contributed by atoms with E-state index in [2.05, 4.69) is 27.5 Å². The summed E-state index contributed by atoms with van der Waals surface area (Å²) in [6.07, 6.45) is 4.66. The van der Waals surface area contributed by atoms with Gasteiger partial charge in [0.05, 0.1) is 6.20 Å². The van der Waals surface area contributed by atoms with Crippen molar-refractivity contribution < 1.29 is 9.53 Å². The highest BCUT2D eigenvalue weighted by molar-refractivity contribution is 7.80. The molecule has 0 aromatic carbocycles. The number of rotatable bonds is 3. The fourth-order valence-electron chi connectivity index (χ4n) is 1.32. The largest absolute Gasteiger partial charge is 0.456 e. The van der Waals surface area contributed by atoms with Crippen molar-refractivity contribution in [2.24, 2.45) is 5.73 Å². The standard InChI is InChI=1S/C12H10N4O2S/c13-12(19)16-11(17)10-6-8(3-5-15-10)18-9-2-1-4-14-7-9/h1-7H,(H3,13,16,17,19). The molecule has 0 unspecified atom stereocenters. The predicted molar refractivity (Wildman–Crippen MR) is 72.8 cm³/mol.